The highest BCUT2D eigenvalue weighted by Gasteiger charge is 2.17. The van der Waals surface area contributed by atoms with Gasteiger partial charge in [-0.05, 0) is 96.3 Å². The Hall–Kier alpha value is -3.21. The summed E-state index contributed by atoms with van der Waals surface area (Å²) in [5, 5.41) is 22.9. The molecule has 3 N–H and O–H groups in total. The number of amides is 1. The average molecular weight is 758 g/mol. The molecule has 0 bridgehead atoms. The maximum absolute atomic E-state index is 12.4. The van der Waals surface area contributed by atoms with Crippen LogP contribution < -0.4 is 5.32 Å². The van der Waals surface area contributed by atoms with Crippen molar-refractivity contribution in [2.75, 3.05) is 6.61 Å². The Kier molecular flexibility index (Phi) is 42.5. The van der Waals surface area contributed by atoms with Gasteiger partial charge in [-0.2, -0.15) is 0 Å². The van der Waals surface area contributed by atoms with Crippen LogP contribution in [-0.4, -0.2) is 34.9 Å². The summed E-state index contributed by atoms with van der Waals surface area (Å²) in [5.74, 6) is -0.105. The standard InChI is InChI=1S/C51H83NO3/c1-3-5-7-9-11-13-15-17-19-20-21-22-23-24-25-26-27-28-29-30-31-32-33-35-37-39-41-43-45-47-51(55)52-49(48-53)50(54)46-44-42-40-38-36-34-18-16-14-12-10-8-6-4-2/h5,7,11,13,17,19,21-22,24-25,27-28,30-31,33,35-36,38,44,46,49-50,53-54H,3-4,6,8-10,12,14-16,18,20,23,26,29,32,34,37,39-43,45,47-48H2,1-2H3,(H,52,55)/b7-5-,13-11-,19-17-,22-21-,25-24-,28-27-,31-30-,35-33-,38-36+,46-44+. The quantitative estimate of drug-likeness (QED) is 0.0434. The lowest BCUT2D eigenvalue weighted by Gasteiger charge is -2.19. The third-order valence-corrected chi connectivity index (χ3v) is 9.18. The van der Waals surface area contributed by atoms with E-state index in [1.54, 1.807) is 6.08 Å². The Balaban J connectivity index is 3.76. The van der Waals surface area contributed by atoms with E-state index in [4.69, 9.17) is 0 Å². The summed E-state index contributed by atoms with van der Waals surface area (Å²) in [6.45, 7) is 4.14. The third kappa shape index (κ3) is 41.8. The Morgan fingerprint density at radius 1 is 0.455 bits per heavy atom. The molecule has 2 unspecified atom stereocenters. The number of hydrogen-bond donors (Lipinski definition) is 3. The van der Waals surface area contributed by atoms with Crippen LogP contribution in [0.15, 0.2) is 122 Å². The van der Waals surface area contributed by atoms with Gasteiger partial charge >= 0.3 is 0 Å². The fourth-order valence-electron chi connectivity index (χ4n) is 5.79. The molecule has 1 amide bonds. The van der Waals surface area contributed by atoms with Crippen molar-refractivity contribution in [3.63, 3.8) is 0 Å². The maximum Gasteiger partial charge on any atom is 0.220 e. The van der Waals surface area contributed by atoms with E-state index >= 15 is 0 Å². The second kappa shape index (κ2) is 45.2. The van der Waals surface area contributed by atoms with Crippen LogP contribution in [0.3, 0.4) is 0 Å². The monoisotopic (exact) mass is 758 g/mol. The number of carbonyl (C=O) groups is 1. The second-order valence-corrected chi connectivity index (χ2v) is 14.4. The van der Waals surface area contributed by atoms with Gasteiger partial charge in [0.15, 0.2) is 0 Å². The van der Waals surface area contributed by atoms with Gasteiger partial charge in [0.2, 0.25) is 5.91 Å². The third-order valence-electron chi connectivity index (χ3n) is 9.18. The largest absolute Gasteiger partial charge is 0.394 e. The van der Waals surface area contributed by atoms with Crippen molar-refractivity contribution < 1.29 is 15.0 Å². The van der Waals surface area contributed by atoms with Crippen molar-refractivity contribution in [1.82, 2.24) is 5.32 Å². The number of hydrogen-bond acceptors (Lipinski definition) is 3. The molecule has 0 saturated carbocycles. The van der Waals surface area contributed by atoms with E-state index < -0.39 is 12.1 Å². The fourth-order valence-corrected chi connectivity index (χ4v) is 5.79. The molecule has 2 atom stereocenters. The molecule has 0 aliphatic rings. The van der Waals surface area contributed by atoms with Gasteiger partial charge in [-0.15, -0.1) is 0 Å². The number of aliphatic hydroxyl groups is 2. The van der Waals surface area contributed by atoms with Crippen molar-refractivity contribution in [2.45, 2.75) is 187 Å². The minimum atomic E-state index is -0.881. The first-order valence-corrected chi connectivity index (χ1v) is 22.2. The lowest BCUT2D eigenvalue weighted by atomic mass is 10.1. The first kappa shape index (κ1) is 51.8. The van der Waals surface area contributed by atoms with Gasteiger partial charge in [0, 0.05) is 6.42 Å². The van der Waals surface area contributed by atoms with Crippen LogP contribution in [0.5, 0.6) is 0 Å². The molecule has 0 aromatic heterocycles. The maximum atomic E-state index is 12.4. The number of unbranched alkanes of at least 4 members (excludes halogenated alkanes) is 13. The van der Waals surface area contributed by atoms with Gasteiger partial charge < -0.3 is 15.5 Å². The van der Waals surface area contributed by atoms with E-state index in [0.29, 0.717) is 6.42 Å². The first-order chi connectivity index (χ1) is 27.2. The fraction of sp³-hybridized carbons (Fsp3) is 0.588. The number of rotatable bonds is 38. The van der Waals surface area contributed by atoms with E-state index in [1.165, 1.54) is 51.4 Å². The van der Waals surface area contributed by atoms with E-state index in [-0.39, 0.29) is 12.5 Å². The molecule has 0 aromatic rings. The number of aliphatic hydroxyl groups excluding tert-OH is 2. The topological polar surface area (TPSA) is 69.6 Å². The summed E-state index contributed by atoms with van der Waals surface area (Å²) < 4.78 is 0. The SMILES string of the molecule is CC/C=C\C/C=C\C/C=C\C/C=C\C/C=C\C/C=C\C/C=C\C/C=C\CCCCCCC(=O)NC(CO)C(O)/C=C/CC/C=C/CCCCCCCCCC. The Bertz CT molecular complexity index is 1130. The average Bonchev–Trinajstić information content (AvgIpc) is 3.19. The summed E-state index contributed by atoms with van der Waals surface area (Å²) in [7, 11) is 0. The lowest BCUT2D eigenvalue weighted by Crippen LogP contribution is -2.45. The molecular weight excluding hydrogens is 675 g/mol. The molecule has 4 heteroatoms. The van der Waals surface area contributed by atoms with Gasteiger partial charge in [-0.1, -0.05) is 193 Å². The minimum absolute atomic E-state index is 0.105. The molecule has 0 spiro atoms. The van der Waals surface area contributed by atoms with Crippen LogP contribution in [0.2, 0.25) is 0 Å². The Morgan fingerprint density at radius 2 is 0.818 bits per heavy atom. The number of allylic oxidation sites excluding steroid dienone is 19. The molecular formula is C51H83NO3. The molecule has 0 rings (SSSR count). The molecule has 0 aromatic carbocycles. The van der Waals surface area contributed by atoms with Crippen molar-refractivity contribution in [3.8, 4) is 0 Å². The molecule has 0 aliphatic heterocycles. The molecule has 0 aliphatic carbocycles. The summed E-state index contributed by atoms with van der Waals surface area (Å²) >= 11 is 0. The number of carbonyl (C=O) groups excluding carboxylic acids is 1. The van der Waals surface area contributed by atoms with Gasteiger partial charge in [-0.25, -0.2) is 0 Å². The summed E-state index contributed by atoms with van der Waals surface area (Å²) in [6, 6.07) is -0.661. The molecule has 0 fully saturated rings. The Morgan fingerprint density at radius 3 is 1.27 bits per heavy atom. The molecule has 0 radical (unpaired) electrons. The highest BCUT2D eigenvalue weighted by molar-refractivity contribution is 5.76. The van der Waals surface area contributed by atoms with E-state index in [9.17, 15) is 15.0 Å². The first-order valence-electron chi connectivity index (χ1n) is 22.2. The van der Waals surface area contributed by atoms with Crippen molar-refractivity contribution in [1.29, 1.82) is 0 Å². The smallest absolute Gasteiger partial charge is 0.220 e. The molecule has 55 heavy (non-hydrogen) atoms. The van der Waals surface area contributed by atoms with E-state index in [2.05, 4.69) is 129 Å². The lowest BCUT2D eigenvalue weighted by molar-refractivity contribution is -0.123. The molecule has 4 nitrogen and oxygen atoms in total. The van der Waals surface area contributed by atoms with Crippen LogP contribution in [0.4, 0.5) is 0 Å². The van der Waals surface area contributed by atoms with Gasteiger partial charge in [-0.3, -0.25) is 4.79 Å². The van der Waals surface area contributed by atoms with Crippen LogP contribution in [0, 0.1) is 0 Å². The van der Waals surface area contributed by atoms with Gasteiger partial charge in [0.05, 0.1) is 18.8 Å². The van der Waals surface area contributed by atoms with Crippen LogP contribution in [-0.2, 0) is 4.79 Å². The number of nitrogens with one attached hydrogen (secondary N) is 1. The van der Waals surface area contributed by atoms with Gasteiger partial charge in [0.25, 0.3) is 0 Å². The Labute approximate surface area is 339 Å². The zero-order chi connectivity index (χ0) is 40.0. The van der Waals surface area contributed by atoms with Crippen molar-refractivity contribution in [2.24, 2.45) is 0 Å². The van der Waals surface area contributed by atoms with Crippen LogP contribution >= 0.6 is 0 Å². The normalized spacial score (nSPS) is 14.2. The van der Waals surface area contributed by atoms with Crippen LogP contribution in [0.25, 0.3) is 0 Å². The van der Waals surface area contributed by atoms with E-state index in [0.717, 1.165) is 103 Å². The predicted octanol–water partition coefficient (Wildman–Crippen LogP) is 14.2. The predicted molar refractivity (Wildman–Crippen MR) is 243 cm³/mol. The summed E-state index contributed by atoms with van der Waals surface area (Å²) in [5.41, 5.74) is 0. The van der Waals surface area contributed by atoms with Crippen molar-refractivity contribution in [3.05, 3.63) is 122 Å². The zero-order valence-electron chi connectivity index (χ0n) is 35.4. The summed E-state index contributed by atoms with van der Waals surface area (Å²) in [6.07, 6.45) is 70.1. The molecule has 310 valence electrons. The highest BCUT2D eigenvalue weighted by atomic mass is 16.3. The zero-order valence-corrected chi connectivity index (χ0v) is 35.4. The van der Waals surface area contributed by atoms with Gasteiger partial charge in [0.1, 0.15) is 0 Å². The van der Waals surface area contributed by atoms with Crippen LogP contribution in [0.1, 0.15) is 174 Å². The van der Waals surface area contributed by atoms with Crippen molar-refractivity contribution >= 4 is 5.91 Å². The highest BCUT2D eigenvalue weighted by Crippen LogP contribution is 2.11. The summed E-state index contributed by atoms with van der Waals surface area (Å²) in [4.78, 5) is 12.4. The molecule has 0 heterocycles. The molecule has 0 saturated heterocycles. The minimum Gasteiger partial charge on any atom is -0.394 e. The van der Waals surface area contributed by atoms with E-state index in [1.807, 2.05) is 6.08 Å². The second-order valence-electron chi connectivity index (χ2n) is 14.4.